The maximum atomic E-state index is 12.9. The average Bonchev–Trinajstić information content (AvgIpc) is 3.10. The molecule has 0 unspecified atom stereocenters. The Labute approximate surface area is 121 Å². The van der Waals surface area contributed by atoms with Crippen molar-refractivity contribution in [2.24, 2.45) is 5.73 Å². The second-order valence-electron chi connectivity index (χ2n) is 5.85. The number of hydrogen-bond donors (Lipinski definition) is 1. The second kappa shape index (κ2) is 5.37. The molecule has 0 spiro atoms. The molecule has 20 heavy (non-hydrogen) atoms. The first-order valence-electron chi connectivity index (χ1n) is 7.45. The fourth-order valence-electron chi connectivity index (χ4n) is 3.00. The fourth-order valence-corrected chi connectivity index (χ4v) is 5.29. The van der Waals surface area contributed by atoms with Crippen molar-refractivity contribution >= 4 is 15.7 Å². The molecule has 0 aromatic heterocycles. The van der Waals surface area contributed by atoms with Gasteiger partial charge in [-0.1, -0.05) is 25.0 Å². The minimum absolute atomic E-state index is 0.171. The smallest absolute Gasteiger partial charge is 0.238 e. The molecule has 2 N–H and O–H groups in total. The van der Waals surface area contributed by atoms with Crippen molar-refractivity contribution in [2.75, 3.05) is 4.31 Å². The molecule has 4 nitrogen and oxygen atoms in total. The van der Waals surface area contributed by atoms with Gasteiger partial charge in [-0.25, -0.2) is 8.42 Å². The molecule has 0 saturated heterocycles. The van der Waals surface area contributed by atoms with E-state index in [0.717, 1.165) is 49.8 Å². The van der Waals surface area contributed by atoms with E-state index in [1.807, 2.05) is 24.3 Å². The molecule has 0 atom stereocenters. The molecule has 2 aliphatic rings. The van der Waals surface area contributed by atoms with Gasteiger partial charge in [0.25, 0.3) is 0 Å². The first-order chi connectivity index (χ1) is 9.63. The summed E-state index contributed by atoms with van der Waals surface area (Å²) in [5, 5.41) is -0.183. The number of nitrogens with two attached hydrogens (primary N) is 1. The van der Waals surface area contributed by atoms with Crippen molar-refractivity contribution in [3.8, 4) is 0 Å². The largest absolute Gasteiger partial charge is 0.326 e. The van der Waals surface area contributed by atoms with E-state index in [1.165, 1.54) is 0 Å². The zero-order valence-corrected chi connectivity index (χ0v) is 12.5. The van der Waals surface area contributed by atoms with Crippen LogP contribution in [0.1, 0.15) is 44.1 Å². The van der Waals surface area contributed by atoms with Crippen LogP contribution in [0, 0.1) is 0 Å². The predicted octanol–water partition coefficient (Wildman–Crippen LogP) is 2.39. The van der Waals surface area contributed by atoms with Crippen LogP contribution in [-0.2, 0) is 16.6 Å². The highest BCUT2D eigenvalue weighted by atomic mass is 32.2. The van der Waals surface area contributed by atoms with Crippen LogP contribution in [0.2, 0.25) is 0 Å². The molecule has 3 rings (SSSR count). The lowest BCUT2D eigenvalue weighted by molar-refractivity contribution is 0.573. The maximum Gasteiger partial charge on any atom is 0.238 e. The third kappa shape index (κ3) is 2.56. The van der Waals surface area contributed by atoms with Gasteiger partial charge in [0, 0.05) is 12.6 Å². The first kappa shape index (κ1) is 13.9. The zero-order valence-electron chi connectivity index (χ0n) is 11.7. The molecule has 0 amide bonds. The van der Waals surface area contributed by atoms with Crippen LogP contribution >= 0.6 is 0 Å². The summed E-state index contributed by atoms with van der Waals surface area (Å²) < 4.78 is 27.4. The Kier molecular flexibility index (Phi) is 3.73. The fraction of sp³-hybridized carbons (Fsp3) is 0.600. The van der Waals surface area contributed by atoms with Crippen LogP contribution in [0.5, 0.6) is 0 Å². The lowest BCUT2D eigenvalue weighted by Crippen LogP contribution is -2.39. The molecule has 5 heteroatoms. The van der Waals surface area contributed by atoms with Gasteiger partial charge in [-0.05, 0) is 43.4 Å². The summed E-state index contributed by atoms with van der Waals surface area (Å²) in [5.41, 5.74) is 7.43. The number of benzene rings is 1. The predicted molar refractivity (Wildman–Crippen MR) is 81.0 cm³/mol. The first-order valence-corrected chi connectivity index (χ1v) is 8.95. The molecular weight excluding hydrogens is 272 g/mol. The zero-order chi connectivity index (χ0) is 14.2. The van der Waals surface area contributed by atoms with Crippen molar-refractivity contribution in [2.45, 2.75) is 56.4 Å². The molecule has 0 aliphatic heterocycles. The summed E-state index contributed by atoms with van der Waals surface area (Å²) in [6, 6.07) is 7.81. The Morgan fingerprint density at radius 3 is 2.15 bits per heavy atom. The molecule has 2 fully saturated rings. The topological polar surface area (TPSA) is 63.4 Å². The monoisotopic (exact) mass is 294 g/mol. The van der Waals surface area contributed by atoms with Gasteiger partial charge in [0.15, 0.2) is 0 Å². The van der Waals surface area contributed by atoms with E-state index < -0.39 is 10.0 Å². The summed E-state index contributed by atoms with van der Waals surface area (Å²) in [7, 11) is -3.21. The van der Waals surface area contributed by atoms with E-state index in [9.17, 15) is 8.42 Å². The summed E-state index contributed by atoms with van der Waals surface area (Å²) in [5.74, 6) is 0. The van der Waals surface area contributed by atoms with Crippen molar-refractivity contribution in [1.29, 1.82) is 0 Å². The molecule has 0 radical (unpaired) electrons. The number of nitrogens with zero attached hydrogens (tertiary/aromatic N) is 1. The highest BCUT2D eigenvalue weighted by Crippen LogP contribution is 2.38. The lowest BCUT2D eigenvalue weighted by atomic mass is 10.2. The second-order valence-corrected chi connectivity index (χ2v) is 7.94. The molecule has 1 aromatic rings. The van der Waals surface area contributed by atoms with Crippen LogP contribution in [-0.4, -0.2) is 19.7 Å². The molecule has 2 saturated carbocycles. The van der Waals surface area contributed by atoms with Crippen LogP contribution < -0.4 is 10.0 Å². The van der Waals surface area contributed by atoms with E-state index in [1.54, 1.807) is 4.31 Å². The Morgan fingerprint density at radius 1 is 1.05 bits per heavy atom. The van der Waals surface area contributed by atoms with Crippen LogP contribution in [0.15, 0.2) is 24.3 Å². The summed E-state index contributed by atoms with van der Waals surface area (Å²) in [6.07, 6.45) is 5.65. The highest BCUT2D eigenvalue weighted by Gasteiger charge is 2.42. The lowest BCUT2D eigenvalue weighted by Gasteiger charge is -2.27. The minimum atomic E-state index is -3.21. The normalized spacial score (nSPS) is 20.2. The van der Waals surface area contributed by atoms with Gasteiger partial charge in [0.2, 0.25) is 10.0 Å². The van der Waals surface area contributed by atoms with Gasteiger partial charge >= 0.3 is 0 Å². The van der Waals surface area contributed by atoms with Crippen LogP contribution in [0.4, 0.5) is 5.69 Å². The molecule has 0 bridgehead atoms. The van der Waals surface area contributed by atoms with Crippen molar-refractivity contribution in [3.63, 3.8) is 0 Å². The molecule has 2 aliphatic carbocycles. The van der Waals surface area contributed by atoms with Crippen molar-refractivity contribution < 1.29 is 8.42 Å². The van der Waals surface area contributed by atoms with E-state index in [-0.39, 0.29) is 11.3 Å². The third-order valence-electron chi connectivity index (χ3n) is 4.30. The van der Waals surface area contributed by atoms with Gasteiger partial charge in [0.05, 0.1) is 10.9 Å². The van der Waals surface area contributed by atoms with Crippen molar-refractivity contribution in [1.82, 2.24) is 0 Å². The van der Waals surface area contributed by atoms with Gasteiger partial charge in [-0.15, -0.1) is 0 Å². The molecule has 0 heterocycles. The van der Waals surface area contributed by atoms with Crippen LogP contribution in [0.3, 0.4) is 0 Å². The number of rotatable bonds is 5. The average molecular weight is 294 g/mol. The van der Waals surface area contributed by atoms with Crippen LogP contribution in [0.25, 0.3) is 0 Å². The standard InChI is InChI=1S/C15H22N2O2S/c16-11-12-5-7-13(8-6-12)17(14-9-10-14)20(18,19)15-3-1-2-4-15/h5-8,14-15H,1-4,9-11,16H2. The Bertz CT molecular complexity index is 558. The van der Waals surface area contributed by atoms with E-state index in [2.05, 4.69) is 0 Å². The Morgan fingerprint density at radius 2 is 1.65 bits per heavy atom. The molecular formula is C15H22N2O2S. The van der Waals surface area contributed by atoms with E-state index >= 15 is 0 Å². The molecule has 1 aromatic carbocycles. The van der Waals surface area contributed by atoms with Gasteiger partial charge < -0.3 is 5.73 Å². The summed E-state index contributed by atoms with van der Waals surface area (Å²) >= 11 is 0. The number of sulfonamides is 1. The third-order valence-corrected chi connectivity index (χ3v) is 6.67. The van der Waals surface area contributed by atoms with Gasteiger partial charge in [0.1, 0.15) is 0 Å². The van der Waals surface area contributed by atoms with Crippen molar-refractivity contribution in [3.05, 3.63) is 29.8 Å². The maximum absolute atomic E-state index is 12.9. The number of anilines is 1. The SMILES string of the molecule is NCc1ccc(N(C2CC2)S(=O)(=O)C2CCCC2)cc1. The molecule has 110 valence electrons. The van der Waals surface area contributed by atoms with E-state index in [0.29, 0.717) is 6.54 Å². The highest BCUT2D eigenvalue weighted by molar-refractivity contribution is 7.93. The Balaban J connectivity index is 1.91. The number of hydrogen-bond acceptors (Lipinski definition) is 3. The Hall–Kier alpha value is -1.07. The summed E-state index contributed by atoms with van der Waals surface area (Å²) in [6.45, 7) is 0.485. The van der Waals surface area contributed by atoms with E-state index in [4.69, 9.17) is 5.73 Å². The van der Waals surface area contributed by atoms with Gasteiger partial charge in [-0.2, -0.15) is 0 Å². The summed E-state index contributed by atoms with van der Waals surface area (Å²) in [4.78, 5) is 0. The van der Waals surface area contributed by atoms with Gasteiger partial charge in [-0.3, -0.25) is 4.31 Å². The quantitative estimate of drug-likeness (QED) is 0.907. The minimum Gasteiger partial charge on any atom is -0.326 e.